The first-order chi connectivity index (χ1) is 3.43. The summed E-state index contributed by atoms with van der Waals surface area (Å²) < 4.78 is 3.77. The smallest absolute Gasteiger partial charge is 0.129 e. The molecule has 0 radical (unpaired) electrons. The van der Waals surface area contributed by atoms with Gasteiger partial charge in [0.2, 0.25) is 0 Å². The molecule has 1 aromatic heterocycles. The van der Waals surface area contributed by atoms with Crippen LogP contribution in [-0.2, 0) is 5.75 Å². The maximum absolute atomic E-state index is 3.98. The van der Waals surface area contributed by atoms with Crippen LogP contribution in [0.25, 0.3) is 0 Å². The highest BCUT2D eigenvalue weighted by atomic mass is 32.1. The highest BCUT2D eigenvalue weighted by Gasteiger charge is 1.87. The van der Waals surface area contributed by atoms with Crippen LogP contribution in [0.3, 0.4) is 0 Å². The Bertz CT molecular complexity index is 125. The maximum atomic E-state index is 3.98. The van der Waals surface area contributed by atoms with Gasteiger partial charge in [0.25, 0.3) is 0 Å². The number of hydrogen-bond acceptors (Lipinski definition) is 4. The van der Waals surface area contributed by atoms with Crippen molar-refractivity contribution in [3.63, 3.8) is 0 Å². The molecular weight excluding hydrogens is 128 g/mol. The van der Waals surface area contributed by atoms with Crippen molar-refractivity contribution < 1.29 is 0 Å². The van der Waals surface area contributed by atoms with Crippen molar-refractivity contribution >= 4 is 24.2 Å². The van der Waals surface area contributed by atoms with Crippen molar-refractivity contribution in [2.75, 3.05) is 0 Å². The van der Waals surface area contributed by atoms with Gasteiger partial charge in [0.1, 0.15) is 11.3 Å². The lowest BCUT2D eigenvalue weighted by Gasteiger charge is -1.74. The summed E-state index contributed by atoms with van der Waals surface area (Å²) in [6.45, 7) is 0. The Morgan fingerprint density at radius 2 is 2.71 bits per heavy atom. The highest BCUT2D eigenvalue weighted by molar-refractivity contribution is 7.79. The zero-order valence-electron chi connectivity index (χ0n) is 3.53. The van der Waals surface area contributed by atoms with Crippen LogP contribution >= 0.6 is 24.2 Å². The zero-order valence-corrected chi connectivity index (χ0v) is 5.25. The molecule has 0 bridgehead atoms. The Balaban J connectivity index is 2.76. The minimum absolute atomic E-state index is 0.699. The largest absolute Gasteiger partial charge is 0.227 e. The highest BCUT2D eigenvalue weighted by Crippen LogP contribution is 2.01. The quantitative estimate of drug-likeness (QED) is 0.576. The standard InChI is InChI=1S/C3H4N2S2/c6-1-3-4-2-5-7-3/h2,6H,1H2. The van der Waals surface area contributed by atoms with Crippen molar-refractivity contribution in [3.05, 3.63) is 11.3 Å². The molecule has 1 aromatic rings. The van der Waals surface area contributed by atoms with E-state index in [9.17, 15) is 0 Å². The van der Waals surface area contributed by atoms with E-state index >= 15 is 0 Å². The molecule has 0 aliphatic rings. The second-order valence-corrected chi connectivity index (χ2v) is 2.17. The van der Waals surface area contributed by atoms with E-state index in [-0.39, 0.29) is 0 Å². The first kappa shape index (κ1) is 5.05. The van der Waals surface area contributed by atoms with Gasteiger partial charge in [-0.2, -0.15) is 17.0 Å². The number of hydrogen-bond donors (Lipinski definition) is 1. The summed E-state index contributed by atoms with van der Waals surface area (Å²) >= 11 is 5.37. The molecule has 0 spiro atoms. The normalized spacial score (nSPS) is 9.29. The van der Waals surface area contributed by atoms with E-state index in [1.54, 1.807) is 0 Å². The van der Waals surface area contributed by atoms with Gasteiger partial charge in [0, 0.05) is 5.75 Å². The van der Waals surface area contributed by atoms with Crippen molar-refractivity contribution in [2.24, 2.45) is 0 Å². The monoisotopic (exact) mass is 132 g/mol. The fraction of sp³-hybridized carbons (Fsp3) is 0.333. The van der Waals surface area contributed by atoms with Crippen LogP contribution in [-0.4, -0.2) is 9.36 Å². The van der Waals surface area contributed by atoms with E-state index in [1.165, 1.54) is 17.9 Å². The molecule has 0 unspecified atom stereocenters. The Kier molecular flexibility index (Phi) is 1.64. The Morgan fingerprint density at radius 3 is 3.00 bits per heavy atom. The van der Waals surface area contributed by atoms with E-state index in [4.69, 9.17) is 0 Å². The summed E-state index contributed by atoms with van der Waals surface area (Å²) in [5, 5.41) is 0.975. The first-order valence-electron chi connectivity index (χ1n) is 1.80. The van der Waals surface area contributed by atoms with Gasteiger partial charge in [-0.15, -0.1) is 0 Å². The Hall–Kier alpha value is -0.0900. The fourth-order valence-electron chi connectivity index (χ4n) is 0.266. The third kappa shape index (κ3) is 1.14. The van der Waals surface area contributed by atoms with Crippen molar-refractivity contribution in [3.8, 4) is 0 Å². The van der Waals surface area contributed by atoms with Gasteiger partial charge in [0.15, 0.2) is 0 Å². The van der Waals surface area contributed by atoms with Gasteiger partial charge >= 0.3 is 0 Å². The third-order valence-electron chi connectivity index (χ3n) is 0.542. The molecule has 0 aromatic carbocycles. The lowest BCUT2D eigenvalue weighted by molar-refractivity contribution is 1.24. The minimum atomic E-state index is 0.699. The number of aromatic nitrogens is 2. The summed E-state index contributed by atoms with van der Waals surface area (Å²) in [4.78, 5) is 3.87. The molecule has 0 aliphatic carbocycles. The molecule has 0 saturated carbocycles. The molecule has 0 fully saturated rings. The van der Waals surface area contributed by atoms with Crippen molar-refractivity contribution in [1.29, 1.82) is 0 Å². The molecular formula is C3H4N2S2. The van der Waals surface area contributed by atoms with Crippen LogP contribution in [0, 0.1) is 0 Å². The van der Waals surface area contributed by atoms with E-state index in [0.717, 1.165) is 5.01 Å². The minimum Gasteiger partial charge on any atom is -0.227 e. The molecule has 1 heterocycles. The van der Waals surface area contributed by atoms with Crippen LogP contribution in [0.15, 0.2) is 6.33 Å². The maximum Gasteiger partial charge on any atom is 0.129 e. The molecule has 2 nitrogen and oxygen atoms in total. The topological polar surface area (TPSA) is 25.8 Å². The number of nitrogens with zero attached hydrogens (tertiary/aromatic N) is 2. The van der Waals surface area contributed by atoms with Gasteiger partial charge < -0.3 is 0 Å². The lowest BCUT2D eigenvalue weighted by atomic mass is 10.8. The summed E-state index contributed by atoms with van der Waals surface area (Å²) in [5.41, 5.74) is 0. The second kappa shape index (κ2) is 2.28. The molecule has 0 amide bonds. The SMILES string of the molecule is SCc1ncns1. The average molecular weight is 132 g/mol. The first-order valence-corrected chi connectivity index (χ1v) is 3.20. The number of rotatable bonds is 1. The average Bonchev–Trinajstić information content (AvgIpc) is 2.14. The van der Waals surface area contributed by atoms with Gasteiger partial charge in [-0.1, -0.05) is 0 Å². The molecule has 0 aliphatic heterocycles. The summed E-state index contributed by atoms with van der Waals surface area (Å²) in [6.07, 6.45) is 1.54. The van der Waals surface area contributed by atoms with Gasteiger partial charge in [-0.25, -0.2) is 4.98 Å². The molecule has 0 atom stereocenters. The third-order valence-corrected chi connectivity index (χ3v) is 1.72. The summed E-state index contributed by atoms with van der Waals surface area (Å²) in [5.74, 6) is 0.699. The zero-order chi connectivity index (χ0) is 5.11. The van der Waals surface area contributed by atoms with Crippen LogP contribution in [0.5, 0.6) is 0 Å². The molecule has 4 heteroatoms. The van der Waals surface area contributed by atoms with E-state index < -0.39 is 0 Å². The van der Waals surface area contributed by atoms with Gasteiger partial charge in [-0.05, 0) is 11.5 Å². The van der Waals surface area contributed by atoms with Crippen molar-refractivity contribution in [2.45, 2.75) is 5.75 Å². The Labute approximate surface area is 51.2 Å². The molecule has 38 valence electrons. The second-order valence-electron chi connectivity index (χ2n) is 0.993. The molecule has 0 N–H and O–H groups in total. The van der Waals surface area contributed by atoms with E-state index in [0.29, 0.717) is 5.75 Å². The van der Waals surface area contributed by atoms with Crippen LogP contribution < -0.4 is 0 Å². The summed E-state index contributed by atoms with van der Waals surface area (Å²) in [6, 6.07) is 0. The fourth-order valence-corrected chi connectivity index (χ4v) is 0.888. The van der Waals surface area contributed by atoms with E-state index in [2.05, 4.69) is 22.0 Å². The lowest BCUT2D eigenvalue weighted by Crippen LogP contribution is -1.67. The predicted molar refractivity (Wildman–Crippen MR) is 32.6 cm³/mol. The molecule has 7 heavy (non-hydrogen) atoms. The number of thiol groups is 1. The van der Waals surface area contributed by atoms with Crippen LogP contribution in [0.2, 0.25) is 0 Å². The van der Waals surface area contributed by atoms with Gasteiger partial charge in [0.05, 0.1) is 0 Å². The van der Waals surface area contributed by atoms with Crippen molar-refractivity contribution in [1.82, 2.24) is 9.36 Å². The van der Waals surface area contributed by atoms with Crippen LogP contribution in [0.4, 0.5) is 0 Å². The summed E-state index contributed by atoms with van der Waals surface area (Å²) in [7, 11) is 0. The Morgan fingerprint density at radius 1 is 1.86 bits per heavy atom. The molecule has 0 saturated heterocycles. The van der Waals surface area contributed by atoms with E-state index in [1.807, 2.05) is 0 Å². The van der Waals surface area contributed by atoms with Crippen LogP contribution in [0.1, 0.15) is 5.01 Å². The molecule has 1 rings (SSSR count). The van der Waals surface area contributed by atoms with Gasteiger partial charge in [-0.3, -0.25) is 0 Å². The predicted octanol–water partition coefficient (Wildman–Crippen LogP) is 0.968.